The van der Waals surface area contributed by atoms with Crippen molar-refractivity contribution in [3.05, 3.63) is 11.6 Å². The second kappa shape index (κ2) is 7.35. The van der Waals surface area contributed by atoms with Crippen LogP contribution in [0.25, 0.3) is 0 Å². The van der Waals surface area contributed by atoms with E-state index < -0.39 is 29.2 Å². The predicted molar refractivity (Wildman–Crippen MR) is 135 cm³/mol. The highest BCUT2D eigenvalue weighted by molar-refractivity contribution is 5.77. The number of allylic oxidation sites excluding steroid dienone is 1. The molecule has 198 valence electrons. The van der Waals surface area contributed by atoms with Gasteiger partial charge >= 0.3 is 5.97 Å². The summed E-state index contributed by atoms with van der Waals surface area (Å²) < 4.78 is 0. The Labute approximate surface area is 211 Å². The van der Waals surface area contributed by atoms with Gasteiger partial charge in [0.2, 0.25) is 0 Å². The van der Waals surface area contributed by atoms with Gasteiger partial charge in [-0.05, 0) is 97.7 Å². The minimum absolute atomic E-state index is 0.0535. The summed E-state index contributed by atoms with van der Waals surface area (Å²) in [4.78, 5) is 12.8. The topological polar surface area (TPSA) is 98.0 Å². The van der Waals surface area contributed by atoms with Gasteiger partial charge in [-0.1, -0.05) is 53.2 Å². The number of rotatable bonds is 1. The van der Waals surface area contributed by atoms with Gasteiger partial charge in [-0.3, -0.25) is 4.79 Å². The molecule has 11 atom stereocenters. The van der Waals surface area contributed by atoms with Gasteiger partial charge in [-0.15, -0.1) is 0 Å². The molecule has 4 N–H and O–H groups in total. The van der Waals surface area contributed by atoms with E-state index in [4.69, 9.17) is 0 Å². The fraction of sp³-hybridized carbons (Fsp3) is 0.900. The molecule has 5 nitrogen and oxygen atoms in total. The molecule has 4 fully saturated rings. The van der Waals surface area contributed by atoms with Crippen LogP contribution in [-0.2, 0) is 4.79 Å². The molecule has 0 amide bonds. The Hall–Kier alpha value is -0.910. The van der Waals surface area contributed by atoms with Crippen LogP contribution in [0.15, 0.2) is 11.6 Å². The maximum Gasteiger partial charge on any atom is 0.310 e. The number of hydrogen-bond acceptors (Lipinski definition) is 4. The van der Waals surface area contributed by atoms with Crippen molar-refractivity contribution in [2.45, 2.75) is 118 Å². The third kappa shape index (κ3) is 2.90. The quantitative estimate of drug-likeness (QED) is 0.382. The third-order valence-corrected chi connectivity index (χ3v) is 13.4. The molecule has 0 aliphatic heterocycles. The highest BCUT2D eigenvalue weighted by atomic mass is 16.4. The Balaban J connectivity index is 1.65. The van der Waals surface area contributed by atoms with Crippen LogP contribution in [0.5, 0.6) is 0 Å². The Bertz CT molecular complexity index is 952. The average molecular weight is 489 g/mol. The van der Waals surface area contributed by atoms with Crippen molar-refractivity contribution in [3.63, 3.8) is 0 Å². The molecule has 0 heterocycles. The van der Waals surface area contributed by atoms with Gasteiger partial charge in [-0.2, -0.15) is 0 Å². The molecule has 0 aromatic heterocycles. The zero-order valence-corrected chi connectivity index (χ0v) is 22.9. The number of aliphatic hydroxyl groups excluding tert-OH is 2. The zero-order valence-electron chi connectivity index (χ0n) is 22.9. The van der Waals surface area contributed by atoms with Gasteiger partial charge in [-0.25, -0.2) is 0 Å². The van der Waals surface area contributed by atoms with Gasteiger partial charge < -0.3 is 20.4 Å². The number of carbonyl (C=O) groups is 1. The van der Waals surface area contributed by atoms with E-state index in [0.717, 1.165) is 32.1 Å². The fourth-order valence-electron chi connectivity index (χ4n) is 11.0. The normalized spacial score (nSPS) is 57.1. The number of fused-ring (bicyclic) bond motifs is 7. The molecule has 0 saturated heterocycles. The van der Waals surface area contributed by atoms with Crippen molar-refractivity contribution in [3.8, 4) is 0 Å². The molecule has 35 heavy (non-hydrogen) atoms. The molecule has 0 aromatic carbocycles. The van der Waals surface area contributed by atoms with E-state index in [1.54, 1.807) is 0 Å². The fourth-order valence-corrected chi connectivity index (χ4v) is 11.0. The van der Waals surface area contributed by atoms with Crippen LogP contribution >= 0.6 is 0 Å². The SMILES string of the molecule is C[C@@H]1CC[C@]2(C(=O)O)CC[C@]3(C)C(=CC[C@@H]4[C@@]5(C)C[C@@H](O)[C@@H](O)C(C)(C)[C@@H]5CC[C@]43C)[C@H]2[C@]1(C)O. The Morgan fingerprint density at radius 1 is 0.943 bits per heavy atom. The molecule has 0 unspecified atom stereocenters. The Kier molecular flexibility index (Phi) is 5.40. The van der Waals surface area contributed by atoms with Gasteiger partial charge in [0.15, 0.2) is 0 Å². The number of carboxylic acid groups (broad SMARTS) is 1. The van der Waals surface area contributed by atoms with Crippen molar-refractivity contribution < 1.29 is 25.2 Å². The standard InChI is InChI=1S/C30H48O5/c1-17-10-13-30(24(33)34)15-14-27(5)18(22(30)29(17,7)35)8-9-21-26(4)16-19(31)23(32)25(2,3)20(26)11-12-28(21,27)6/h8,17,19-23,31-32,35H,9-16H2,1-7H3,(H,33,34)/t17-,19-,20+,21-,22+,23-,26+,27-,28-,29-,30+/m1/s1. The minimum Gasteiger partial charge on any atom is -0.481 e. The first-order valence-electron chi connectivity index (χ1n) is 14.0. The van der Waals surface area contributed by atoms with Crippen LogP contribution in [0.2, 0.25) is 0 Å². The smallest absolute Gasteiger partial charge is 0.310 e. The highest BCUT2D eigenvalue weighted by Gasteiger charge is 2.71. The van der Waals surface area contributed by atoms with Crippen LogP contribution in [-0.4, -0.2) is 44.2 Å². The molecular formula is C30H48O5. The maximum absolute atomic E-state index is 12.8. The molecule has 5 aliphatic rings. The molecule has 0 spiro atoms. The van der Waals surface area contributed by atoms with E-state index in [1.807, 2.05) is 6.92 Å². The number of carboxylic acids is 1. The summed E-state index contributed by atoms with van der Waals surface area (Å²) in [6.07, 6.45) is 7.21. The van der Waals surface area contributed by atoms with Crippen LogP contribution in [0.4, 0.5) is 0 Å². The summed E-state index contributed by atoms with van der Waals surface area (Å²) in [5.74, 6) is -0.394. The molecular weight excluding hydrogens is 440 g/mol. The average Bonchev–Trinajstić information content (AvgIpc) is 2.75. The van der Waals surface area contributed by atoms with E-state index >= 15 is 0 Å². The first kappa shape index (κ1) is 25.7. The van der Waals surface area contributed by atoms with E-state index in [9.17, 15) is 25.2 Å². The largest absolute Gasteiger partial charge is 0.481 e. The summed E-state index contributed by atoms with van der Waals surface area (Å²) in [5, 5.41) is 44.3. The lowest BCUT2D eigenvalue weighted by molar-refractivity contribution is -0.237. The number of hydrogen-bond donors (Lipinski definition) is 4. The van der Waals surface area contributed by atoms with E-state index in [-0.39, 0.29) is 33.5 Å². The summed E-state index contributed by atoms with van der Waals surface area (Å²) >= 11 is 0. The lowest BCUT2D eigenvalue weighted by Gasteiger charge is -2.72. The minimum atomic E-state index is -1.05. The zero-order chi connectivity index (χ0) is 26.0. The third-order valence-electron chi connectivity index (χ3n) is 13.4. The van der Waals surface area contributed by atoms with Crippen LogP contribution in [0.1, 0.15) is 99.8 Å². The van der Waals surface area contributed by atoms with Crippen molar-refractivity contribution in [1.29, 1.82) is 0 Å². The Morgan fingerprint density at radius 3 is 2.23 bits per heavy atom. The molecule has 5 aliphatic carbocycles. The summed E-state index contributed by atoms with van der Waals surface area (Å²) in [5.41, 5.74) is -1.46. The van der Waals surface area contributed by atoms with Crippen LogP contribution < -0.4 is 0 Å². The lowest BCUT2D eigenvalue weighted by atomic mass is 9.33. The molecule has 0 radical (unpaired) electrons. The van der Waals surface area contributed by atoms with Crippen molar-refractivity contribution in [2.24, 2.45) is 50.7 Å². The van der Waals surface area contributed by atoms with Crippen molar-refractivity contribution in [1.82, 2.24) is 0 Å². The second-order valence-corrected chi connectivity index (χ2v) is 14.9. The van der Waals surface area contributed by atoms with Gasteiger partial charge in [0.25, 0.3) is 0 Å². The molecule has 5 heteroatoms. The van der Waals surface area contributed by atoms with Crippen molar-refractivity contribution in [2.75, 3.05) is 0 Å². The highest BCUT2D eigenvalue weighted by Crippen LogP contribution is 2.76. The molecule has 0 bridgehead atoms. The molecule has 0 aromatic rings. The van der Waals surface area contributed by atoms with Crippen molar-refractivity contribution >= 4 is 5.97 Å². The number of aliphatic carboxylic acids is 1. The maximum atomic E-state index is 12.8. The van der Waals surface area contributed by atoms with E-state index in [0.29, 0.717) is 31.1 Å². The van der Waals surface area contributed by atoms with E-state index in [2.05, 4.69) is 47.6 Å². The van der Waals surface area contributed by atoms with Gasteiger partial charge in [0.1, 0.15) is 0 Å². The number of aliphatic hydroxyl groups is 3. The summed E-state index contributed by atoms with van der Waals surface area (Å²) in [7, 11) is 0. The van der Waals surface area contributed by atoms with Crippen LogP contribution in [0.3, 0.4) is 0 Å². The first-order valence-corrected chi connectivity index (χ1v) is 14.0. The van der Waals surface area contributed by atoms with Gasteiger partial charge in [0.05, 0.1) is 23.2 Å². The first-order chi connectivity index (χ1) is 16.0. The predicted octanol–water partition coefficient (Wildman–Crippen LogP) is 5.18. The summed E-state index contributed by atoms with van der Waals surface area (Å²) in [6.45, 7) is 15.3. The van der Waals surface area contributed by atoms with Crippen LogP contribution in [0, 0.1) is 50.7 Å². The second-order valence-electron chi connectivity index (χ2n) is 14.9. The lowest BCUT2D eigenvalue weighted by Crippen LogP contribution is -2.68. The van der Waals surface area contributed by atoms with Gasteiger partial charge in [0, 0.05) is 5.92 Å². The summed E-state index contributed by atoms with van der Waals surface area (Å²) in [6, 6.07) is 0. The Morgan fingerprint density at radius 2 is 1.60 bits per heavy atom. The van der Waals surface area contributed by atoms with E-state index in [1.165, 1.54) is 5.57 Å². The molecule has 5 rings (SSSR count). The monoisotopic (exact) mass is 488 g/mol. The molecule has 4 saturated carbocycles.